The maximum absolute atomic E-state index is 12.7. The van der Waals surface area contributed by atoms with Crippen LogP contribution in [0.15, 0.2) is 46.9 Å². The number of rotatable bonds is 8. The van der Waals surface area contributed by atoms with E-state index in [0.29, 0.717) is 11.3 Å². The van der Waals surface area contributed by atoms with Crippen LogP contribution in [0, 0.1) is 5.92 Å². The molecule has 1 saturated carbocycles. The molecule has 5 nitrogen and oxygen atoms in total. The molecule has 3 rings (SSSR count). The summed E-state index contributed by atoms with van der Waals surface area (Å²) in [6, 6.07) is 12.9. The van der Waals surface area contributed by atoms with Crippen molar-refractivity contribution in [1.29, 1.82) is 0 Å². The van der Waals surface area contributed by atoms with Gasteiger partial charge in [0.1, 0.15) is 11.5 Å². The van der Waals surface area contributed by atoms with E-state index in [0.717, 1.165) is 34.9 Å². The van der Waals surface area contributed by atoms with E-state index in [9.17, 15) is 4.79 Å². The lowest BCUT2D eigenvalue weighted by molar-refractivity contribution is 0.0972. The summed E-state index contributed by atoms with van der Waals surface area (Å²) in [5.41, 5.74) is 1.20. The predicted molar refractivity (Wildman–Crippen MR) is 137 cm³/mol. The average Bonchev–Trinajstić information content (AvgIpc) is 2.76. The van der Waals surface area contributed by atoms with Gasteiger partial charge in [0.15, 0.2) is 5.11 Å². The number of carbonyl (C=O) groups excluding carboxylic acids is 1. The second-order valence-corrected chi connectivity index (χ2v) is 9.70. The summed E-state index contributed by atoms with van der Waals surface area (Å²) in [5.74, 6) is 1.83. The van der Waals surface area contributed by atoms with Crippen LogP contribution in [-0.4, -0.2) is 23.7 Å². The molecule has 2 N–H and O–H groups in total. The first-order valence-electron chi connectivity index (χ1n) is 11.2. The summed E-state index contributed by atoms with van der Waals surface area (Å²) in [6.07, 6.45) is 7.83. The Morgan fingerprint density at radius 1 is 1.12 bits per heavy atom. The average molecular weight is 520 g/mol. The zero-order valence-electron chi connectivity index (χ0n) is 18.7. The van der Waals surface area contributed by atoms with E-state index in [1.807, 2.05) is 44.2 Å². The lowest BCUT2D eigenvalue weighted by atomic mass is 9.87. The molecule has 0 heterocycles. The van der Waals surface area contributed by atoms with Gasteiger partial charge in [0.05, 0.1) is 18.3 Å². The topological polar surface area (TPSA) is 59.6 Å². The first-order chi connectivity index (χ1) is 15.4. The molecule has 2 aromatic carbocycles. The maximum Gasteiger partial charge on any atom is 0.261 e. The Bertz CT molecular complexity index is 912. The lowest BCUT2D eigenvalue weighted by Gasteiger charge is -2.21. The van der Waals surface area contributed by atoms with Gasteiger partial charge in [-0.05, 0) is 80.9 Å². The lowest BCUT2D eigenvalue weighted by Crippen LogP contribution is -2.34. The second-order valence-electron chi connectivity index (χ2n) is 8.38. The fourth-order valence-corrected chi connectivity index (χ4v) is 4.39. The molecule has 2 aromatic rings. The summed E-state index contributed by atoms with van der Waals surface area (Å²) in [5, 5.41) is 5.98. The zero-order chi connectivity index (χ0) is 22.9. The van der Waals surface area contributed by atoms with Crippen molar-refractivity contribution in [3.63, 3.8) is 0 Å². The van der Waals surface area contributed by atoms with Crippen LogP contribution in [0.4, 0.5) is 5.69 Å². The number of nitrogens with one attached hydrogen (secondary N) is 2. The highest BCUT2D eigenvalue weighted by Gasteiger charge is 2.16. The van der Waals surface area contributed by atoms with Crippen LogP contribution in [0.25, 0.3) is 0 Å². The third-order valence-corrected chi connectivity index (χ3v) is 6.11. The standard InChI is InChI=1S/C25H31BrN2O3S/c1-17(2)31-23-13-8-19(26)16-22(23)24(29)28-25(32)27-20-9-11-21(12-10-20)30-15-14-18-6-4-3-5-7-18/h8-13,16-18H,3-7,14-15H2,1-2H3,(H2,27,28,29,32). The predicted octanol–water partition coefficient (Wildman–Crippen LogP) is 6.71. The van der Waals surface area contributed by atoms with Gasteiger partial charge in [-0.2, -0.15) is 0 Å². The molecular weight excluding hydrogens is 488 g/mol. The summed E-state index contributed by atoms with van der Waals surface area (Å²) >= 11 is 8.73. The van der Waals surface area contributed by atoms with Gasteiger partial charge in [-0.25, -0.2) is 0 Å². The Balaban J connectivity index is 1.49. The molecule has 32 heavy (non-hydrogen) atoms. The number of amides is 1. The van der Waals surface area contributed by atoms with Gasteiger partial charge in [-0.15, -0.1) is 0 Å². The molecule has 0 unspecified atom stereocenters. The van der Waals surface area contributed by atoms with Crippen LogP contribution >= 0.6 is 28.1 Å². The molecule has 7 heteroatoms. The van der Waals surface area contributed by atoms with Crippen LogP contribution in [0.1, 0.15) is 62.7 Å². The molecule has 172 valence electrons. The van der Waals surface area contributed by atoms with Gasteiger partial charge >= 0.3 is 0 Å². The van der Waals surface area contributed by atoms with E-state index in [1.54, 1.807) is 12.1 Å². The number of thiocarbonyl (C=S) groups is 1. The van der Waals surface area contributed by atoms with Crippen molar-refractivity contribution >= 4 is 44.9 Å². The number of hydrogen-bond acceptors (Lipinski definition) is 4. The van der Waals surface area contributed by atoms with Gasteiger partial charge < -0.3 is 14.8 Å². The third-order valence-electron chi connectivity index (χ3n) is 5.41. The van der Waals surface area contributed by atoms with Crippen molar-refractivity contribution in [2.45, 2.75) is 58.5 Å². The number of carbonyl (C=O) groups is 1. The molecule has 1 fully saturated rings. The van der Waals surface area contributed by atoms with E-state index in [1.165, 1.54) is 32.1 Å². The summed E-state index contributed by atoms with van der Waals surface area (Å²) in [7, 11) is 0. The Morgan fingerprint density at radius 3 is 2.53 bits per heavy atom. The first kappa shape index (κ1) is 24.5. The number of ether oxygens (including phenoxy) is 2. The Kier molecular flexibility index (Phi) is 9.36. The normalized spacial score (nSPS) is 14.1. The molecule has 0 radical (unpaired) electrons. The highest BCUT2D eigenvalue weighted by Crippen LogP contribution is 2.27. The fraction of sp³-hybridized carbons (Fsp3) is 0.440. The fourth-order valence-electron chi connectivity index (χ4n) is 3.82. The monoisotopic (exact) mass is 518 g/mol. The number of benzene rings is 2. The Morgan fingerprint density at radius 2 is 1.84 bits per heavy atom. The highest BCUT2D eigenvalue weighted by atomic mass is 79.9. The van der Waals surface area contributed by atoms with Gasteiger partial charge in [0.25, 0.3) is 5.91 Å². The number of halogens is 1. The van der Waals surface area contributed by atoms with Crippen LogP contribution in [0.3, 0.4) is 0 Å². The van der Waals surface area contributed by atoms with Crippen LogP contribution in [0.2, 0.25) is 0 Å². The maximum atomic E-state index is 12.7. The minimum atomic E-state index is -0.331. The Hall–Kier alpha value is -2.12. The molecule has 0 aromatic heterocycles. The van der Waals surface area contributed by atoms with Crippen LogP contribution in [-0.2, 0) is 0 Å². The van der Waals surface area contributed by atoms with Crippen molar-refractivity contribution in [3.05, 3.63) is 52.5 Å². The summed E-state index contributed by atoms with van der Waals surface area (Å²) in [4.78, 5) is 12.7. The smallest absolute Gasteiger partial charge is 0.261 e. The van der Waals surface area contributed by atoms with Crippen molar-refractivity contribution in [1.82, 2.24) is 5.32 Å². The molecule has 0 spiro atoms. The van der Waals surface area contributed by atoms with Crippen LogP contribution < -0.4 is 20.1 Å². The molecule has 0 saturated heterocycles. The minimum absolute atomic E-state index is 0.0452. The molecule has 0 aliphatic heterocycles. The quantitative estimate of drug-likeness (QED) is 0.380. The van der Waals surface area contributed by atoms with Gasteiger partial charge in [0.2, 0.25) is 0 Å². The minimum Gasteiger partial charge on any atom is -0.494 e. The van der Waals surface area contributed by atoms with E-state index >= 15 is 0 Å². The Labute approximate surface area is 204 Å². The number of hydrogen-bond donors (Lipinski definition) is 2. The van der Waals surface area contributed by atoms with Gasteiger partial charge in [-0.3, -0.25) is 10.1 Å². The molecule has 1 aliphatic carbocycles. The number of anilines is 1. The second kappa shape index (κ2) is 12.2. The SMILES string of the molecule is CC(C)Oc1ccc(Br)cc1C(=O)NC(=S)Nc1ccc(OCCC2CCCCC2)cc1. The first-order valence-corrected chi connectivity index (χ1v) is 12.4. The van der Waals surface area contributed by atoms with Crippen LogP contribution in [0.5, 0.6) is 11.5 Å². The van der Waals surface area contributed by atoms with Gasteiger partial charge in [0, 0.05) is 10.2 Å². The summed E-state index contributed by atoms with van der Waals surface area (Å²) < 4.78 is 12.4. The van der Waals surface area contributed by atoms with E-state index < -0.39 is 0 Å². The molecule has 0 atom stereocenters. The zero-order valence-corrected chi connectivity index (χ0v) is 21.1. The van der Waals surface area contributed by atoms with E-state index in [-0.39, 0.29) is 17.1 Å². The van der Waals surface area contributed by atoms with Crippen molar-refractivity contribution < 1.29 is 14.3 Å². The highest BCUT2D eigenvalue weighted by molar-refractivity contribution is 9.10. The molecular formula is C25H31BrN2O3S. The molecule has 1 amide bonds. The third kappa shape index (κ3) is 7.78. The molecule has 1 aliphatic rings. The largest absolute Gasteiger partial charge is 0.494 e. The molecule has 0 bridgehead atoms. The van der Waals surface area contributed by atoms with E-state index in [4.69, 9.17) is 21.7 Å². The van der Waals surface area contributed by atoms with Crippen molar-refractivity contribution in [3.8, 4) is 11.5 Å². The van der Waals surface area contributed by atoms with Crippen molar-refractivity contribution in [2.24, 2.45) is 5.92 Å². The summed E-state index contributed by atoms with van der Waals surface area (Å²) in [6.45, 7) is 4.58. The van der Waals surface area contributed by atoms with Gasteiger partial charge in [-0.1, -0.05) is 48.0 Å². The van der Waals surface area contributed by atoms with E-state index in [2.05, 4.69) is 26.6 Å². The van der Waals surface area contributed by atoms with Crippen molar-refractivity contribution in [2.75, 3.05) is 11.9 Å².